The zero-order chi connectivity index (χ0) is 12.3. The maximum absolute atomic E-state index is 12.4. The predicted octanol–water partition coefficient (Wildman–Crippen LogP) is 2.58. The van der Waals surface area contributed by atoms with Crippen LogP contribution in [0.1, 0.15) is 64.7 Å². The van der Waals surface area contributed by atoms with Gasteiger partial charge < -0.3 is 5.32 Å². The lowest BCUT2D eigenvalue weighted by Crippen LogP contribution is -2.45. The molecule has 2 saturated carbocycles. The molecule has 0 aromatic rings. The van der Waals surface area contributed by atoms with E-state index in [1.54, 1.807) is 0 Å². The summed E-state index contributed by atoms with van der Waals surface area (Å²) in [6.45, 7) is 2.12. The second-order valence-corrected chi connectivity index (χ2v) is 5.63. The van der Waals surface area contributed by atoms with Crippen LogP contribution in [0.2, 0.25) is 0 Å². The van der Waals surface area contributed by atoms with Crippen LogP contribution in [0.3, 0.4) is 0 Å². The molecule has 0 aromatic heterocycles. The maximum Gasteiger partial charge on any atom is 0.226 e. The average molecular weight is 237 g/mol. The second-order valence-electron chi connectivity index (χ2n) is 5.63. The van der Waals surface area contributed by atoms with Gasteiger partial charge in [0.2, 0.25) is 5.91 Å². The van der Waals surface area contributed by atoms with Crippen molar-refractivity contribution in [3.05, 3.63) is 0 Å². The maximum atomic E-state index is 12.4. The summed E-state index contributed by atoms with van der Waals surface area (Å²) in [5.41, 5.74) is -0.0958. The first-order chi connectivity index (χ1) is 8.16. The highest BCUT2D eigenvalue weighted by molar-refractivity contribution is 5.84. The van der Waals surface area contributed by atoms with Crippen molar-refractivity contribution < 1.29 is 9.59 Å². The first-order valence-corrected chi connectivity index (χ1v) is 6.99. The summed E-state index contributed by atoms with van der Waals surface area (Å²) in [5, 5.41) is 3.18. The van der Waals surface area contributed by atoms with Gasteiger partial charge >= 0.3 is 0 Å². The molecule has 96 valence electrons. The Morgan fingerprint density at radius 2 is 1.88 bits per heavy atom. The molecule has 3 nitrogen and oxygen atoms in total. The van der Waals surface area contributed by atoms with Crippen molar-refractivity contribution in [3.63, 3.8) is 0 Å². The SMILES string of the molecule is CCC1(C(=O)NC2CCC(=O)CC2)CCCC1. The largest absolute Gasteiger partial charge is 0.353 e. The Morgan fingerprint density at radius 1 is 1.29 bits per heavy atom. The number of amides is 1. The summed E-state index contributed by atoms with van der Waals surface area (Å²) >= 11 is 0. The Labute approximate surface area is 103 Å². The molecule has 0 atom stereocenters. The van der Waals surface area contributed by atoms with Crippen molar-refractivity contribution in [3.8, 4) is 0 Å². The van der Waals surface area contributed by atoms with E-state index < -0.39 is 0 Å². The van der Waals surface area contributed by atoms with Crippen LogP contribution >= 0.6 is 0 Å². The summed E-state index contributed by atoms with van der Waals surface area (Å²) in [6.07, 6.45) is 8.37. The summed E-state index contributed by atoms with van der Waals surface area (Å²) in [7, 11) is 0. The molecule has 2 rings (SSSR count). The first kappa shape index (κ1) is 12.6. The van der Waals surface area contributed by atoms with E-state index in [1.807, 2.05) is 0 Å². The number of rotatable bonds is 3. The average Bonchev–Trinajstić information content (AvgIpc) is 2.82. The molecule has 0 unspecified atom stereocenters. The molecule has 17 heavy (non-hydrogen) atoms. The highest BCUT2D eigenvalue weighted by Crippen LogP contribution is 2.41. The van der Waals surface area contributed by atoms with Gasteiger partial charge in [-0.25, -0.2) is 0 Å². The van der Waals surface area contributed by atoms with E-state index in [9.17, 15) is 9.59 Å². The summed E-state index contributed by atoms with van der Waals surface area (Å²) in [5.74, 6) is 0.596. The molecule has 1 N–H and O–H groups in total. The smallest absolute Gasteiger partial charge is 0.226 e. The van der Waals surface area contributed by atoms with Crippen molar-refractivity contribution in [1.29, 1.82) is 0 Å². The first-order valence-electron chi connectivity index (χ1n) is 6.99. The lowest BCUT2D eigenvalue weighted by atomic mass is 9.81. The van der Waals surface area contributed by atoms with Gasteiger partial charge in [-0.15, -0.1) is 0 Å². The van der Waals surface area contributed by atoms with E-state index >= 15 is 0 Å². The fraction of sp³-hybridized carbons (Fsp3) is 0.857. The second kappa shape index (κ2) is 5.19. The third-order valence-corrected chi connectivity index (χ3v) is 4.60. The normalized spacial score (nSPS) is 24.9. The van der Waals surface area contributed by atoms with Gasteiger partial charge in [-0.05, 0) is 32.1 Å². The Kier molecular flexibility index (Phi) is 3.85. The van der Waals surface area contributed by atoms with Crippen LogP contribution in [0.15, 0.2) is 0 Å². The Morgan fingerprint density at radius 3 is 2.41 bits per heavy atom. The van der Waals surface area contributed by atoms with Gasteiger partial charge in [0.05, 0.1) is 0 Å². The van der Waals surface area contributed by atoms with Crippen molar-refractivity contribution in [2.75, 3.05) is 0 Å². The zero-order valence-corrected chi connectivity index (χ0v) is 10.8. The zero-order valence-electron chi connectivity index (χ0n) is 10.8. The van der Waals surface area contributed by atoms with Crippen LogP contribution in [-0.2, 0) is 9.59 Å². The van der Waals surface area contributed by atoms with Gasteiger partial charge in [0.15, 0.2) is 0 Å². The third-order valence-electron chi connectivity index (χ3n) is 4.60. The number of nitrogens with one attached hydrogen (secondary N) is 1. The molecular formula is C14H23NO2. The van der Waals surface area contributed by atoms with Crippen LogP contribution in [-0.4, -0.2) is 17.7 Å². The van der Waals surface area contributed by atoms with Gasteiger partial charge in [0.25, 0.3) is 0 Å². The molecule has 0 bridgehead atoms. The number of carbonyl (C=O) groups excluding carboxylic acids is 2. The Hall–Kier alpha value is -0.860. The predicted molar refractivity (Wildman–Crippen MR) is 66.6 cm³/mol. The molecule has 0 heterocycles. The van der Waals surface area contributed by atoms with E-state index in [2.05, 4.69) is 12.2 Å². The number of Topliss-reactive ketones (excluding diaryl/α,β-unsaturated/α-hetero) is 1. The van der Waals surface area contributed by atoms with Crippen molar-refractivity contribution in [2.24, 2.45) is 5.41 Å². The number of ketones is 1. The molecule has 0 radical (unpaired) electrons. The van der Waals surface area contributed by atoms with Crippen molar-refractivity contribution >= 4 is 11.7 Å². The minimum Gasteiger partial charge on any atom is -0.353 e. The van der Waals surface area contributed by atoms with Gasteiger partial charge in [-0.2, -0.15) is 0 Å². The lowest BCUT2D eigenvalue weighted by molar-refractivity contribution is -0.132. The number of hydrogen-bond donors (Lipinski definition) is 1. The molecule has 2 aliphatic carbocycles. The topological polar surface area (TPSA) is 46.2 Å². The van der Waals surface area contributed by atoms with Crippen LogP contribution < -0.4 is 5.32 Å². The van der Waals surface area contributed by atoms with Crippen LogP contribution in [0.25, 0.3) is 0 Å². The minimum absolute atomic E-state index is 0.0958. The number of hydrogen-bond acceptors (Lipinski definition) is 2. The summed E-state index contributed by atoms with van der Waals surface area (Å²) in [6, 6.07) is 0.240. The molecule has 1 amide bonds. The molecule has 0 aromatic carbocycles. The van der Waals surface area contributed by atoms with E-state index in [-0.39, 0.29) is 17.4 Å². The highest BCUT2D eigenvalue weighted by atomic mass is 16.2. The molecule has 0 aliphatic heterocycles. The minimum atomic E-state index is -0.0958. The molecule has 0 spiro atoms. The summed E-state index contributed by atoms with van der Waals surface area (Å²) < 4.78 is 0. The quantitative estimate of drug-likeness (QED) is 0.820. The Bertz CT molecular complexity index is 295. The van der Waals surface area contributed by atoms with E-state index in [4.69, 9.17) is 0 Å². The van der Waals surface area contributed by atoms with Crippen LogP contribution in [0.5, 0.6) is 0 Å². The molecule has 2 aliphatic rings. The molecule has 3 heteroatoms. The van der Waals surface area contributed by atoms with E-state index in [0.717, 1.165) is 32.1 Å². The van der Waals surface area contributed by atoms with Crippen molar-refractivity contribution in [1.82, 2.24) is 5.32 Å². The van der Waals surface area contributed by atoms with Gasteiger partial charge in [0, 0.05) is 24.3 Å². The monoisotopic (exact) mass is 237 g/mol. The van der Waals surface area contributed by atoms with Gasteiger partial charge in [0.1, 0.15) is 5.78 Å². The van der Waals surface area contributed by atoms with Gasteiger partial charge in [-0.1, -0.05) is 19.8 Å². The third kappa shape index (κ3) is 2.70. The number of carbonyl (C=O) groups is 2. The fourth-order valence-corrected chi connectivity index (χ4v) is 3.22. The molecule has 0 saturated heterocycles. The fourth-order valence-electron chi connectivity index (χ4n) is 3.22. The van der Waals surface area contributed by atoms with Crippen LogP contribution in [0.4, 0.5) is 0 Å². The summed E-state index contributed by atoms with van der Waals surface area (Å²) in [4.78, 5) is 23.5. The molecule has 2 fully saturated rings. The highest BCUT2D eigenvalue weighted by Gasteiger charge is 2.40. The Balaban J connectivity index is 1.89. The lowest BCUT2D eigenvalue weighted by Gasteiger charge is -2.30. The standard InChI is InChI=1S/C14H23NO2/c1-2-14(9-3-4-10-14)13(17)15-11-5-7-12(16)8-6-11/h11H,2-10H2,1H3,(H,15,17). The van der Waals surface area contributed by atoms with Crippen LogP contribution in [0, 0.1) is 5.41 Å². The van der Waals surface area contributed by atoms with E-state index in [0.29, 0.717) is 18.6 Å². The van der Waals surface area contributed by atoms with Crippen molar-refractivity contribution in [2.45, 2.75) is 70.8 Å². The van der Waals surface area contributed by atoms with E-state index in [1.165, 1.54) is 12.8 Å². The molecular weight excluding hydrogens is 214 g/mol. The van der Waals surface area contributed by atoms with Gasteiger partial charge in [-0.3, -0.25) is 9.59 Å².